The summed E-state index contributed by atoms with van der Waals surface area (Å²) in [6.45, 7) is 8.51. The van der Waals surface area contributed by atoms with E-state index in [2.05, 4.69) is 20.8 Å². The molecule has 8 nitrogen and oxygen atoms in total. The number of hydrogen-bond acceptors (Lipinski definition) is 6. The smallest absolute Gasteiger partial charge is 0.414 e. The van der Waals surface area contributed by atoms with Crippen LogP contribution in [0.25, 0.3) is 11.1 Å². The van der Waals surface area contributed by atoms with Crippen LogP contribution in [0.2, 0.25) is 0 Å². The molecule has 0 aliphatic heterocycles. The quantitative estimate of drug-likeness (QED) is 0.342. The van der Waals surface area contributed by atoms with Gasteiger partial charge in [0.1, 0.15) is 11.4 Å². The molecule has 0 aliphatic rings. The predicted octanol–water partition coefficient (Wildman–Crippen LogP) is 5.30. The molecule has 1 amide bonds. The average Bonchev–Trinajstić information content (AvgIpc) is 3.26. The zero-order valence-electron chi connectivity index (χ0n) is 21.6. The molecule has 0 bridgehead atoms. The number of hydrogen-bond donors (Lipinski definition) is 2. The molecule has 3 aromatic rings. The van der Waals surface area contributed by atoms with Crippen LogP contribution in [-0.4, -0.2) is 54.9 Å². The number of nitrogens with zero attached hydrogens (tertiary/aromatic N) is 3. The van der Waals surface area contributed by atoms with Crippen molar-refractivity contribution in [2.45, 2.75) is 39.2 Å². The molecular formula is C27H34FN5O3. The van der Waals surface area contributed by atoms with Gasteiger partial charge in [0.2, 0.25) is 5.96 Å². The van der Waals surface area contributed by atoms with E-state index in [1.807, 2.05) is 62.3 Å². The van der Waals surface area contributed by atoms with Crippen molar-refractivity contribution in [3.8, 4) is 11.1 Å². The third-order valence-corrected chi connectivity index (χ3v) is 5.23. The Kier molecular flexibility index (Phi) is 8.82. The molecule has 0 aliphatic carbocycles. The summed E-state index contributed by atoms with van der Waals surface area (Å²) in [7, 11) is 3.89. The van der Waals surface area contributed by atoms with Crippen molar-refractivity contribution >= 4 is 17.9 Å². The Morgan fingerprint density at radius 2 is 1.89 bits per heavy atom. The number of halogens is 1. The standard InChI is InChI=1S/C27H34FN5O3/c1-18(20-12-13-21(22(28)16-20)19-10-8-7-9-11-19)23-17-24(36-32-23)30-25(29-14-15-33(5)6)31-26(34)35-27(2,3)4/h7-13,16-18H,14-15H2,1-6H3,(H2,29,30,31,34). The number of aromatic nitrogens is 1. The van der Waals surface area contributed by atoms with Crippen molar-refractivity contribution < 1.29 is 18.4 Å². The van der Waals surface area contributed by atoms with Crippen LogP contribution in [0.15, 0.2) is 64.1 Å². The summed E-state index contributed by atoms with van der Waals surface area (Å²) in [4.78, 5) is 18.6. The SMILES string of the molecule is CC(c1ccc(-c2ccccc2)c(F)c1)c1cc(/N=C(/NCCN(C)C)NC(=O)OC(C)(C)C)on1. The molecule has 0 fully saturated rings. The first-order valence-corrected chi connectivity index (χ1v) is 11.8. The molecule has 2 N–H and O–H groups in total. The van der Waals surface area contributed by atoms with Crippen LogP contribution in [0.1, 0.15) is 44.9 Å². The van der Waals surface area contributed by atoms with Gasteiger partial charge in [0.15, 0.2) is 0 Å². The largest absolute Gasteiger partial charge is 0.444 e. The second-order valence-corrected chi connectivity index (χ2v) is 9.73. The minimum Gasteiger partial charge on any atom is -0.444 e. The molecule has 1 aromatic heterocycles. The van der Waals surface area contributed by atoms with Gasteiger partial charge in [-0.25, -0.2) is 9.18 Å². The van der Waals surface area contributed by atoms with E-state index >= 15 is 0 Å². The van der Waals surface area contributed by atoms with Crippen LogP contribution in [0.4, 0.5) is 15.1 Å². The van der Waals surface area contributed by atoms with E-state index in [1.165, 1.54) is 6.07 Å². The maximum Gasteiger partial charge on any atom is 0.414 e. The maximum atomic E-state index is 14.9. The van der Waals surface area contributed by atoms with E-state index in [1.54, 1.807) is 32.9 Å². The fraction of sp³-hybridized carbons (Fsp3) is 0.370. The number of rotatable bonds is 7. The number of nitrogens with one attached hydrogen (secondary N) is 2. The predicted molar refractivity (Wildman–Crippen MR) is 139 cm³/mol. The van der Waals surface area contributed by atoms with E-state index in [4.69, 9.17) is 9.26 Å². The second-order valence-electron chi connectivity index (χ2n) is 9.73. The highest BCUT2D eigenvalue weighted by Gasteiger charge is 2.19. The molecule has 1 unspecified atom stereocenters. The molecule has 0 spiro atoms. The Bertz CT molecular complexity index is 1190. The van der Waals surface area contributed by atoms with Gasteiger partial charge in [0.05, 0.1) is 5.69 Å². The zero-order chi connectivity index (χ0) is 26.3. The van der Waals surface area contributed by atoms with Crippen LogP contribution < -0.4 is 10.6 Å². The summed E-state index contributed by atoms with van der Waals surface area (Å²) < 4.78 is 25.6. The van der Waals surface area contributed by atoms with Gasteiger partial charge in [0.25, 0.3) is 5.88 Å². The van der Waals surface area contributed by atoms with E-state index in [0.29, 0.717) is 17.8 Å². The van der Waals surface area contributed by atoms with Crippen LogP contribution in [0.5, 0.6) is 0 Å². The molecule has 0 saturated carbocycles. The molecule has 1 heterocycles. The number of carbonyl (C=O) groups is 1. The lowest BCUT2D eigenvalue weighted by Gasteiger charge is -2.20. The molecule has 0 saturated heterocycles. The maximum absolute atomic E-state index is 14.9. The van der Waals surface area contributed by atoms with Crippen molar-refractivity contribution in [3.05, 3.63) is 71.7 Å². The van der Waals surface area contributed by atoms with E-state index in [9.17, 15) is 9.18 Å². The first-order chi connectivity index (χ1) is 17.0. The Morgan fingerprint density at radius 3 is 2.53 bits per heavy atom. The number of guanidine groups is 1. The highest BCUT2D eigenvalue weighted by Crippen LogP contribution is 2.30. The summed E-state index contributed by atoms with van der Waals surface area (Å²) in [6.07, 6.45) is -0.638. The number of alkyl carbamates (subject to hydrolysis) is 1. The molecule has 36 heavy (non-hydrogen) atoms. The fourth-order valence-corrected chi connectivity index (χ4v) is 3.38. The minimum atomic E-state index is -0.654. The van der Waals surface area contributed by atoms with Gasteiger partial charge in [-0.15, -0.1) is 0 Å². The lowest BCUT2D eigenvalue weighted by atomic mass is 9.95. The topological polar surface area (TPSA) is 92.0 Å². The summed E-state index contributed by atoms with van der Waals surface area (Å²) in [5.41, 5.74) is 2.05. The number of ether oxygens (including phenoxy) is 1. The minimum absolute atomic E-state index is 0.180. The third-order valence-electron chi connectivity index (χ3n) is 5.23. The molecular weight excluding hydrogens is 461 g/mol. The van der Waals surface area contributed by atoms with Gasteiger partial charge in [-0.3, -0.25) is 5.32 Å². The fourth-order valence-electron chi connectivity index (χ4n) is 3.38. The van der Waals surface area contributed by atoms with Crippen molar-refractivity contribution in [1.82, 2.24) is 20.7 Å². The number of amides is 1. The van der Waals surface area contributed by atoms with Gasteiger partial charge < -0.3 is 19.5 Å². The first kappa shape index (κ1) is 26.9. The molecule has 192 valence electrons. The summed E-state index contributed by atoms with van der Waals surface area (Å²) >= 11 is 0. The van der Waals surface area contributed by atoms with Gasteiger partial charge in [-0.1, -0.05) is 54.5 Å². The average molecular weight is 496 g/mol. The second kappa shape index (κ2) is 11.8. The van der Waals surface area contributed by atoms with Crippen molar-refractivity contribution in [1.29, 1.82) is 0 Å². The molecule has 0 radical (unpaired) electrons. The summed E-state index contributed by atoms with van der Waals surface area (Å²) in [5.74, 6) is -0.163. The molecule has 2 aromatic carbocycles. The number of carbonyl (C=O) groups excluding carboxylic acids is 1. The Hall–Kier alpha value is -3.72. The van der Waals surface area contributed by atoms with Gasteiger partial charge in [0, 0.05) is 30.6 Å². The number of benzene rings is 2. The van der Waals surface area contributed by atoms with E-state index in [-0.39, 0.29) is 23.6 Å². The lowest BCUT2D eigenvalue weighted by Crippen LogP contribution is -2.45. The zero-order valence-corrected chi connectivity index (χ0v) is 21.6. The summed E-state index contributed by atoms with van der Waals surface area (Å²) in [5, 5.41) is 9.81. The molecule has 1 atom stereocenters. The van der Waals surface area contributed by atoms with Gasteiger partial charge in [-0.2, -0.15) is 4.99 Å². The third kappa shape index (κ3) is 7.91. The summed E-state index contributed by atoms with van der Waals surface area (Å²) in [6, 6.07) is 16.2. The Balaban J connectivity index is 1.77. The molecule has 9 heteroatoms. The van der Waals surface area contributed by atoms with Crippen LogP contribution >= 0.6 is 0 Å². The van der Waals surface area contributed by atoms with Crippen LogP contribution in [-0.2, 0) is 4.74 Å². The van der Waals surface area contributed by atoms with Crippen molar-refractivity contribution in [3.63, 3.8) is 0 Å². The van der Waals surface area contributed by atoms with Gasteiger partial charge >= 0.3 is 6.09 Å². The Labute approximate surface area is 211 Å². The van der Waals surface area contributed by atoms with Gasteiger partial charge in [-0.05, 0) is 52.1 Å². The Morgan fingerprint density at radius 1 is 1.17 bits per heavy atom. The van der Waals surface area contributed by atoms with Crippen LogP contribution in [0.3, 0.4) is 0 Å². The van der Waals surface area contributed by atoms with Crippen molar-refractivity contribution in [2.24, 2.45) is 4.99 Å². The first-order valence-electron chi connectivity index (χ1n) is 11.8. The number of aliphatic imine (C=N–C) groups is 1. The molecule has 3 rings (SSSR count). The highest BCUT2D eigenvalue weighted by atomic mass is 19.1. The number of likely N-dealkylation sites (N-methyl/N-ethyl adjacent to an activating group) is 1. The van der Waals surface area contributed by atoms with E-state index in [0.717, 1.165) is 17.7 Å². The normalized spacial score (nSPS) is 12.9. The lowest BCUT2D eigenvalue weighted by molar-refractivity contribution is 0.0561. The van der Waals surface area contributed by atoms with E-state index < -0.39 is 11.7 Å². The highest BCUT2D eigenvalue weighted by molar-refractivity contribution is 5.95. The monoisotopic (exact) mass is 495 g/mol. The van der Waals surface area contributed by atoms with Crippen molar-refractivity contribution in [2.75, 3.05) is 27.2 Å². The van der Waals surface area contributed by atoms with Crippen LogP contribution in [0, 0.1) is 5.82 Å².